The van der Waals surface area contributed by atoms with E-state index in [-0.39, 0.29) is 12.6 Å². The van der Waals surface area contributed by atoms with Gasteiger partial charge in [-0.1, -0.05) is 104 Å². The van der Waals surface area contributed by atoms with Crippen LogP contribution < -0.4 is 0 Å². The number of likely N-dealkylation sites (tertiary alicyclic amines) is 1. The zero-order valence-corrected chi connectivity index (χ0v) is 16.4. The molecule has 1 fully saturated rings. The average molecular weight is 372 g/mol. The summed E-state index contributed by atoms with van der Waals surface area (Å²) in [4.78, 5) is 2.57. The Labute approximate surface area is 168 Å². The van der Waals surface area contributed by atoms with E-state index in [4.69, 9.17) is 0 Å². The van der Waals surface area contributed by atoms with E-state index in [0.717, 1.165) is 19.4 Å². The first kappa shape index (κ1) is 18.9. The number of aliphatic hydroxyl groups is 1. The Morgan fingerprint density at radius 2 is 1.14 bits per heavy atom. The van der Waals surface area contributed by atoms with Crippen LogP contribution in [-0.4, -0.2) is 29.2 Å². The number of hydrogen-bond acceptors (Lipinski definition) is 2. The second kappa shape index (κ2) is 8.72. The van der Waals surface area contributed by atoms with E-state index in [2.05, 4.69) is 95.9 Å². The summed E-state index contributed by atoms with van der Waals surface area (Å²) in [5.41, 5.74) is 3.36. The third-order valence-electron chi connectivity index (χ3n) is 6.09. The predicted molar refractivity (Wildman–Crippen MR) is 115 cm³/mol. The quantitative estimate of drug-likeness (QED) is 0.622. The fraction of sp³-hybridized carbons (Fsp3) is 0.308. The van der Waals surface area contributed by atoms with E-state index in [9.17, 15) is 5.11 Å². The largest absolute Gasteiger partial charge is 0.395 e. The van der Waals surface area contributed by atoms with Crippen molar-refractivity contribution < 1.29 is 5.11 Å². The zero-order valence-electron chi connectivity index (χ0n) is 16.4. The van der Waals surface area contributed by atoms with Crippen molar-refractivity contribution in [1.82, 2.24) is 4.90 Å². The van der Waals surface area contributed by atoms with Crippen LogP contribution in [0.25, 0.3) is 0 Å². The van der Waals surface area contributed by atoms with Gasteiger partial charge in [0.1, 0.15) is 0 Å². The average Bonchev–Trinajstić information content (AvgIpc) is 3.03. The SMILES string of the molecule is OC[C@@H]1CCCCCN1C(c1ccccc1)(c1ccccc1)c1ccccc1. The second-order valence-electron chi connectivity index (χ2n) is 7.69. The lowest BCUT2D eigenvalue weighted by Crippen LogP contribution is -2.54. The van der Waals surface area contributed by atoms with E-state index >= 15 is 0 Å². The monoisotopic (exact) mass is 371 g/mol. The smallest absolute Gasteiger partial charge is 0.0976 e. The summed E-state index contributed by atoms with van der Waals surface area (Å²) in [7, 11) is 0. The van der Waals surface area contributed by atoms with Crippen LogP contribution in [0.3, 0.4) is 0 Å². The lowest BCUT2D eigenvalue weighted by molar-refractivity contribution is 0.0597. The second-order valence-corrected chi connectivity index (χ2v) is 7.69. The van der Waals surface area contributed by atoms with Crippen molar-refractivity contribution >= 4 is 0 Å². The normalized spacial score (nSPS) is 18.5. The highest BCUT2D eigenvalue weighted by atomic mass is 16.3. The first-order valence-corrected chi connectivity index (χ1v) is 10.4. The van der Waals surface area contributed by atoms with E-state index < -0.39 is 5.54 Å². The molecule has 0 bridgehead atoms. The Bertz CT molecular complexity index is 751. The van der Waals surface area contributed by atoms with Crippen molar-refractivity contribution in [2.24, 2.45) is 0 Å². The molecule has 0 radical (unpaired) electrons. The highest BCUT2D eigenvalue weighted by molar-refractivity contribution is 5.49. The summed E-state index contributed by atoms with van der Waals surface area (Å²) in [6.07, 6.45) is 4.59. The molecule has 4 rings (SSSR count). The van der Waals surface area contributed by atoms with Gasteiger partial charge in [0.25, 0.3) is 0 Å². The van der Waals surface area contributed by atoms with Gasteiger partial charge in [0.05, 0.1) is 12.1 Å². The fourth-order valence-corrected chi connectivity index (χ4v) is 4.84. The number of rotatable bonds is 5. The van der Waals surface area contributed by atoms with Crippen LogP contribution in [0.4, 0.5) is 0 Å². The molecule has 28 heavy (non-hydrogen) atoms. The third-order valence-corrected chi connectivity index (χ3v) is 6.09. The van der Waals surface area contributed by atoms with Crippen LogP contribution in [0, 0.1) is 0 Å². The van der Waals surface area contributed by atoms with Gasteiger partial charge in [0, 0.05) is 12.6 Å². The molecule has 1 heterocycles. The molecule has 0 amide bonds. The van der Waals surface area contributed by atoms with Crippen LogP contribution in [0.15, 0.2) is 91.0 Å². The van der Waals surface area contributed by atoms with Crippen LogP contribution in [0.5, 0.6) is 0 Å². The zero-order chi connectivity index (χ0) is 19.2. The molecule has 0 aliphatic carbocycles. The van der Waals surface area contributed by atoms with E-state index in [1.54, 1.807) is 0 Å². The Balaban J connectivity index is 2.03. The van der Waals surface area contributed by atoms with Gasteiger partial charge in [-0.25, -0.2) is 0 Å². The van der Waals surface area contributed by atoms with Gasteiger partial charge in [0.2, 0.25) is 0 Å². The Morgan fingerprint density at radius 3 is 1.57 bits per heavy atom. The molecule has 0 saturated carbocycles. The standard InChI is InChI=1S/C26H29NO/c28-21-25-19-11-4-12-20-27(25)26(22-13-5-1-6-14-22,23-15-7-2-8-16-23)24-17-9-3-10-18-24/h1-3,5-10,13-18,25,28H,4,11-12,19-21H2/t25-/m0/s1. The van der Waals surface area contributed by atoms with Crippen molar-refractivity contribution in [3.8, 4) is 0 Å². The molecule has 144 valence electrons. The summed E-state index contributed by atoms with van der Waals surface area (Å²) in [5, 5.41) is 10.3. The molecule has 2 heteroatoms. The molecular weight excluding hydrogens is 342 g/mol. The Hall–Kier alpha value is -2.42. The van der Waals surface area contributed by atoms with Crippen LogP contribution >= 0.6 is 0 Å². The minimum atomic E-state index is -0.415. The van der Waals surface area contributed by atoms with Crippen LogP contribution in [0.2, 0.25) is 0 Å². The van der Waals surface area contributed by atoms with Crippen molar-refractivity contribution in [2.45, 2.75) is 37.3 Å². The highest BCUT2D eigenvalue weighted by Gasteiger charge is 2.44. The van der Waals surface area contributed by atoms with Crippen LogP contribution in [-0.2, 0) is 5.54 Å². The maximum atomic E-state index is 10.3. The van der Waals surface area contributed by atoms with E-state index in [1.165, 1.54) is 29.5 Å². The number of aliphatic hydroxyl groups excluding tert-OH is 1. The molecule has 0 unspecified atom stereocenters. The molecule has 0 spiro atoms. The van der Waals surface area contributed by atoms with E-state index in [0.29, 0.717) is 0 Å². The number of benzene rings is 3. The minimum absolute atomic E-state index is 0.142. The molecule has 0 aromatic heterocycles. The van der Waals surface area contributed by atoms with Gasteiger partial charge in [-0.3, -0.25) is 4.90 Å². The Kier molecular flexibility index (Phi) is 5.90. The molecule has 1 N–H and O–H groups in total. The Morgan fingerprint density at radius 1 is 0.679 bits per heavy atom. The number of nitrogens with zero attached hydrogens (tertiary/aromatic N) is 1. The van der Waals surface area contributed by atoms with Gasteiger partial charge in [-0.05, 0) is 29.5 Å². The highest BCUT2D eigenvalue weighted by Crippen LogP contribution is 2.44. The molecular formula is C26H29NO. The molecule has 1 saturated heterocycles. The third kappa shape index (κ3) is 3.39. The van der Waals surface area contributed by atoms with Crippen LogP contribution in [0.1, 0.15) is 42.4 Å². The molecule has 1 atom stereocenters. The van der Waals surface area contributed by atoms with Gasteiger partial charge in [-0.2, -0.15) is 0 Å². The van der Waals surface area contributed by atoms with Crippen molar-refractivity contribution in [3.05, 3.63) is 108 Å². The summed E-state index contributed by atoms with van der Waals surface area (Å²) >= 11 is 0. The predicted octanol–water partition coefficient (Wildman–Crippen LogP) is 5.22. The summed E-state index contributed by atoms with van der Waals surface area (Å²) < 4.78 is 0. The first-order valence-electron chi connectivity index (χ1n) is 10.4. The fourth-order valence-electron chi connectivity index (χ4n) is 4.84. The minimum Gasteiger partial charge on any atom is -0.395 e. The number of hydrogen-bond donors (Lipinski definition) is 1. The summed E-state index contributed by atoms with van der Waals surface area (Å²) in [6, 6.07) is 32.6. The van der Waals surface area contributed by atoms with E-state index in [1.807, 2.05) is 0 Å². The first-order chi connectivity index (χ1) is 13.9. The molecule has 1 aliphatic rings. The summed E-state index contributed by atoms with van der Waals surface area (Å²) in [5.74, 6) is 0. The molecule has 1 aliphatic heterocycles. The maximum Gasteiger partial charge on any atom is 0.0976 e. The maximum absolute atomic E-state index is 10.3. The van der Waals surface area contributed by atoms with Gasteiger partial charge in [0.15, 0.2) is 0 Å². The van der Waals surface area contributed by atoms with Gasteiger partial charge in [-0.15, -0.1) is 0 Å². The van der Waals surface area contributed by atoms with Crippen molar-refractivity contribution in [1.29, 1.82) is 0 Å². The topological polar surface area (TPSA) is 23.5 Å². The summed E-state index contributed by atoms with van der Waals surface area (Å²) in [6.45, 7) is 1.16. The molecule has 2 nitrogen and oxygen atoms in total. The van der Waals surface area contributed by atoms with Crippen molar-refractivity contribution in [3.63, 3.8) is 0 Å². The lowest BCUT2D eigenvalue weighted by Gasteiger charge is -2.48. The molecule has 3 aromatic carbocycles. The van der Waals surface area contributed by atoms with Gasteiger partial charge >= 0.3 is 0 Å². The van der Waals surface area contributed by atoms with Gasteiger partial charge < -0.3 is 5.11 Å². The van der Waals surface area contributed by atoms with Crippen molar-refractivity contribution in [2.75, 3.05) is 13.2 Å². The molecule has 3 aromatic rings. The lowest BCUT2D eigenvalue weighted by atomic mass is 9.74.